The Morgan fingerprint density at radius 2 is 1.70 bits per heavy atom. The van der Waals surface area contributed by atoms with Crippen LogP contribution >= 0.6 is 0 Å². The number of benzene rings is 1. The van der Waals surface area contributed by atoms with E-state index in [0.717, 1.165) is 25.9 Å². The van der Waals surface area contributed by atoms with Gasteiger partial charge >= 0.3 is 6.03 Å². The number of hydrogen-bond acceptors (Lipinski definition) is 1. The van der Waals surface area contributed by atoms with Crippen molar-refractivity contribution in [3.8, 4) is 0 Å². The Kier molecular flexibility index (Phi) is 5.05. The minimum Gasteiger partial charge on any atom is -0.337 e. The summed E-state index contributed by atoms with van der Waals surface area (Å²) in [5.41, 5.74) is 1.22. The SMILES string of the molecule is CC(C)(CNC(=O)N1CCCCCC1)c1ccccc1. The van der Waals surface area contributed by atoms with E-state index < -0.39 is 0 Å². The lowest BCUT2D eigenvalue weighted by atomic mass is 9.85. The molecule has 0 atom stereocenters. The molecular weight excluding hydrogens is 248 g/mol. The van der Waals surface area contributed by atoms with Gasteiger partial charge in [0.15, 0.2) is 0 Å². The van der Waals surface area contributed by atoms with Gasteiger partial charge in [0.05, 0.1) is 0 Å². The molecule has 0 aromatic heterocycles. The fraction of sp³-hybridized carbons (Fsp3) is 0.588. The fourth-order valence-electron chi connectivity index (χ4n) is 2.67. The highest BCUT2D eigenvalue weighted by atomic mass is 16.2. The molecule has 0 radical (unpaired) electrons. The summed E-state index contributed by atoms with van der Waals surface area (Å²) >= 11 is 0. The predicted octanol–water partition coefficient (Wildman–Crippen LogP) is 3.55. The molecule has 0 aliphatic carbocycles. The summed E-state index contributed by atoms with van der Waals surface area (Å²) in [6.45, 7) is 6.82. The van der Waals surface area contributed by atoms with Gasteiger partial charge in [-0.2, -0.15) is 0 Å². The molecule has 3 heteroatoms. The van der Waals surface area contributed by atoms with Crippen LogP contribution in [0.3, 0.4) is 0 Å². The van der Waals surface area contributed by atoms with Crippen molar-refractivity contribution in [2.24, 2.45) is 0 Å². The fourth-order valence-corrected chi connectivity index (χ4v) is 2.67. The number of nitrogens with one attached hydrogen (secondary N) is 1. The van der Waals surface area contributed by atoms with Gasteiger partial charge in [0.25, 0.3) is 0 Å². The number of hydrogen-bond donors (Lipinski definition) is 1. The summed E-state index contributed by atoms with van der Waals surface area (Å²) in [5, 5.41) is 3.11. The van der Waals surface area contributed by atoms with E-state index in [1.165, 1.54) is 18.4 Å². The third-order valence-electron chi connectivity index (χ3n) is 4.13. The van der Waals surface area contributed by atoms with Crippen molar-refractivity contribution in [3.05, 3.63) is 35.9 Å². The molecule has 0 spiro atoms. The number of carbonyl (C=O) groups is 1. The van der Waals surface area contributed by atoms with Gasteiger partial charge in [-0.05, 0) is 18.4 Å². The van der Waals surface area contributed by atoms with Crippen LogP contribution in [0.5, 0.6) is 0 Å². The second-order valence-corrected chi connectivity index (χ2v) is 6.31. The second kappa shape index (κ2) is 6.78. The van der Waals surface area contributed by atoms with E-state index in [0.29, 0.717) is 6.54 Å². The highest BCUT2D eigenvalue weighted by Gasteiger charge is 2.23. The van der Waals surface area contributed by atoms with Crippen molar-refractivity contribution in [2.75, 3.05) is 19.6 Å². The van der Waals surface area contributed by atoms with Crippen molar-refractivity contribution in [1.82, 2.24) is 10.2 Å². The van der Waals surface area contributed by atoms with Crippen LogP contribution in [0.1, 0.15) is 45.1 Å². The van der Waals surface area contributed by atoms with Crippen molar-refractivity contribution in [2.45, 2.75) is 44.9 Å². The Balaban J connectivity index is 1.89. The highest BCUT2D eigenvalue weighted by Crippen LogP contribution is 2.21. The van der Waals surface area contributed by atoms with Crippen LogP contribution in [0.15, 0.2) is 30.3 Å². The van der Waals surface area contributed by atoms with Gasteiger partial charge in [-0.3, -0.25) is 0 Å². The predicted molar refractivity (Wildman–Crippen MR) is 82.9 cm³/mol. The van der Waals surface area contributed by atoms with E-state index in [4.69, 9.17) is 0 Å². The lowest BCUT2D eigenvalue weighted by Gasteiger charge is -2.28. The Labute approximate surface area is 122 Å². The smallest absolute Gasteiger partial charge is 0.317 e. The van der Waals surface area contributed by atoms with E-state index in [1.54, 1.807) is 0 Å². The number of rotatable bonds is 3. The first-order valence-electron chi connectivity index (χ1n) is 7.68. The third-order valence-corrected chi connectivity index (χ3v) is 4.13. The quantitative estimate of drug-likeness (QED) is 0.898. The van der Waals surface area contributed by atoms with Gasteiger partial charge in [-0.15, -0.1) is 0 Å². The summed E-state index contributed by atoms with van der Waals surface area (Å²) < 4.78 is 0. The Bertz CT molecular complexity index is 420. The molecular formula is C17H26N2O. The standard InChI is InChI=1S/C17H26N2O/c1-17(2,15-10-6-5-7-11-15)14-18-16(20)19-12-8-3-4-9-13-19/h5-7,10-11H,3-4,8-9,12-14H2,1-2H3,(H,18,20). The summed E-state index contributed by atoms with van der Waals surface area (Å²) in [6, 6.07) is 10.5. The number of nitrogens with zero attached hydrogens (tertiary/aromatic N) is 1. The lowest BCUT2D eigenvalue weighted by Crippen LogP contribution is -2.45. The molecule has 0 unspecified atom stereocenters. The summed E-state index contributed by atoms with van der Waals surface area (Å²) in [7, 11) is 0. The van der Waals surface area contributed by atoms with E-state index in [-0.39, 0.29) is 11.4 Å². The first kappa shape index (κ1) is 14.9. The molecule has 2 rings (SSSR count). The van der Waals surface area contributed by atoms with Crippen molar-refractivity contribution in [1.29, 1.82) is 0 Å². The molecule has 1 aromatic rings. The maximum absolute atomic E-state index is 12.2. The van der Waals surface area contributed by atoms with E-state index in [2.05, 4.69) is 31.3 Å². The van der Waals surface area contributed by atoms with Crippen molar-refractivity contribution >= 4 is 6.03 Å². The molecule has 1 aromatic carbocycles. The van der Waals surface area contributed by atoms with Crippen LogP contribution in [0.4, 0.5) is 4.79 Å². The van der Waals surface area contributed by atoms with E-state index in [1.807, 2.05) is 23.1 Å². The average molecular weight is 274 g/mol. The van der Waals surface area contributed by atoms with Crippen LogP contribution in [-0.4, -0.2) is 30.6 Å². The second-order valence-electron chi connectivity index (χ2n) is 6.31. The summed E-state index contributed by atoms with van der Waals surface area (Å²) in [6.07, 6.45) is 4.77. The number of carbonyl (C=O) groups excluding carboxylic acids is 1. The van der Waals surface area contributed by atoms with E-state index in [9.17, 15) is 4.79 Å². The van der Waals surface area contributed by atoms with Gasteiger partial charge < -0.3 is 10.2 Å². The zero-order chi connectivity index (χ0) is 14.4. The molecule has 1 aliphatic rings. The molecule has 0 saturated carbocycles. The van der Waals surface area contributed by atoms with Crippen molar-refractivity contribution < 1.29 is 4.79 Å². The number of urea groups is 1. The normalized spacial score (nSPS) is 16.6. The Morgan fingerprint density at radius 1 is 1.10 bits per heavy atom. The molecule has 2 amide bonds. The maximum Gasteiger partial charge on any atom is 0.317 e. The van der Waals surface area contributed by atoms with Gasteiger partial charge in [-0.25, -0.2) is 4.79 Å². The first-order valence-corrected chi connectivity index (χ1v) is 7.68. The molecule has 0 bridgehead atoms. The zero-order valence-electron chi connectivity index (χ0n) is 12.7. The number of amides is 2. The highest BCUT2D eigenvalue weighted by molar-refractivity contribution is 5.74. The summed E-state index contributed by atoms with van der Waals surface area (Å²) in [4.78, 5) is 14.2. The van der Waals surface area contributed by atoms with Gasteiger partial charge in [-0.1, -0.05) is 57.0 Å². The van der Waals surface area contributed by atoms with Crippen LogP contribution in [0.2, 0.25) is 0 Å². The van der Waals surface area contributed by atoms with Crippen LogP contribution in [-0.2, 0) is 5.41 Å². The lowest BCUT2D eigenvalue weighted by molar-refractivity contribution is 0.197. The van der Waals surface area contributed by atoms with Gasteiger partial charge in [0.2, 0.25) is 0 Å². The average Bonchev–Trinajstić information content (AvgIpc) is 2.75. The molecule has 1 heterocycles. The largest absolute Gasteiger partial charge is 0.337 e. The molecule has 1 aliphatic heterocycles. The minimum absolute atomic E-state index is 0.0389. The molecule has 1 saturated heterocycles. The molecule has 1 N–H and O–H groups in total. The molecule has 3 nitrogen and oxygen atoms in total. The minimum atomic E-state index is -0.0389. The Hall–Kier alpha value is -1.51. The van der Waals surface area contributed by atoms with Crippen LogP contribution < -0.4 is 5.32 Å². The third kappa shape index (κ3) is 3.99. The van der Waals surface area contributed by atoms with Crippen LogP contribution in [0.25, 0.3) is 0 Å². The van der Waals surface area contributed by atoms with Gasteiger partial charge in [0.1, 0.15) is 0 Å². The topological polar surface area (TPSA) is 32.3 Å². The summed E-state index contributed by atoms with van der Waals surface area (Å²) in [5.74, 6) is 0. The molecule has 20 heavy (non-hydrogen) atoms. The van der Waals surface area contributed by atoms with Gasteiger partial charge in [0, 0.05) is 25.0 Å². The maximum atomic E-state index is 12.2. The van der Waals surface area contributed by atoms with Crippen molar-refractivity contribution in [3.63, 3.8) is 0 Å². The molecule has 1 fully saturated rings. The number of likely N-dealkylation sites (tertiary alicyclic amines) is 1. The first-order chi connectivity index (χ1) is 9.59. The van der Waals surface area contributed by atoms with E-state index >= 15 is 0 Å². The Morgan fingerprint density at radius 3 is 2.30 bits per heavy atom. The molecule has 110 valence electrons. The van der Waals surface area contributed by atoms with Crippen LogP contribution in [0, 0.1) is 0 Å². The zero-order valence-corrected chi connectivity index (χ0v) is 12.7. The monoisotopic (exact) mass is 274 g/mol.